The van der Waals surface area contributed by atoms with Crippen molar-refractivity contribution in [3.63, 3.8) is 0 Å². The number of hydrogen-bond acceptors (Lipinski definition) is 4. The first-order valence-corrected chi connectivity index (χ1v) is 3.95. The van der Waals surface area contributed by atoms with Gasteiger partial charge in [-0.1, -0.05) is 0 Å². The molecule has 0 unspecified atom stereocenters. The Balaban J connectivity index is 3.08. The van der Waals surface area contributed by atoms with Crippen LogP contribution < -0.4 is 5.43 Å². The van der Waals surface area contributed by atoms with Crippen LogP contribution in [0.25, 0.3) is 0 Å². The van der Waals surface area contributed by atoms with Crippen LogP contribution in [0.2, 0.25) is 0 Å². The van der Waals surface area contributed by atoms with Gasteiger partial charge >= 0.3 is 5.97 Å². The third-order valence-corrected chi connectivity index (χ3v) is 1.55. The third-order valence-electron chi connectivity index (χ3n) is 1.55. The SMILES string of the molecule is C/C=N/Nc1ccc(O)cc1C(=O)O. The van der Waals surface area contributed by atoms with Crippen molar-refractivity contribution < 1.29 is 15.0 Å². The van der Waals surface area contributed by atoms with Crippen molar-refractivity contribution in [3.8, 4) is 5.75 Å². The monoisotopic (exact) mass is 194 g/mol. The molecule has 0 fully saturated rings. The first-order chi connectivity index (χ1) is 6.65. The molecule has 0 amide bonds. The van der Waals surface area contributed by atoms with E-state index in [1.165, 1.54) is 18.3 Å². The molecule has 0 radical (unpaired) electrons. The molecule has 3 N–H and O–H groups in total. The summed E-state index contributed by atoms with van der Waals surface area (Å²) in [4.78, 5) is 10.7. The van der Waals surface area contributed by atoms with Crippen molar-refractivity contribution in [2.75, 3.05) is 5.43 Å². The zero-order valence-electron chi connectivity index (χ0n) is 7.56. The summed E-state index contributed by atoms with van der Waals surface area (Å²) in [6.07, 6.45) is 1.50. The van der Waals surface area contributed by atoms with Crippen molar-refractivity contribution in [2.45, 2.75) is 6.92 Å². The normalized spacial score (nSPS) is 10.4. The lowest BCUT2D eigenvalue weighted by Gasteiger charge is -2.04. The first kappa shape index (κ1) is 10.0. The molecule has 0 saturated carbocycles. The lowest BCUT2D eigenvalue weighted by Crippen LogP contribution is -2.01. The number of aromatic carboxylic acids is 1. The standard InChI is InChI=1S/C9H10N2O3/c1-2-10-11-8-4-3-6(12)5-7(8)9(13)14/h2-5,11-12H,1H3,(H,13,14)/b10-2+. The summed E-state index contributed by atoms with van der Waals surface area (Å²) in [6.45, 7) is 1.70. The number of carboxylic acid groups (broad SMARTS) is 1. The number of nitrogens with one attached hydrogen (secondary N) is 1. The van der Waals surface area contributed by atoms with Gasteiger partial charge in [0.2, 0.25) is 0 Å². The Morgan fingerprint density at radius 2 is 2.29 bits per heavy atom. The summed E-state index contributed by atoms with van der Waals surface area (Å²) in [5.74, 6) is -1.21. The summed E-state index contributed by atoms with van der Waals surface area (Å²) in [5.41, 5.74) is 2.87. The average Bonchev–Trinajstić information content (AvgIpc) is 2.15. The molecule has 0 aliphatic heterocycles. The highest BCUT2D eigenvalue weighted by Crippen LogP contribution is 2.21. The summed E-state index contributed by atoms with van der Waals surface area (Å²) >= 11 is 0. The maximum absolute atomic E-state index is 10.7. The minimum atomic E-state index is -1.12. The zero-order chi connectivity index (χ0) is 10.6. The van der Waals surface area contributed by atoms with E-state index in [9.17, 15) is 4.79 Å². The van der Waals surface area contributed by atoms with Gasteiger partial charge in [-0.25, -0.2) is 4.79 Å². The van der Waals surface area contributed by atoms with E-state index in [0.717, 1.165) is 6.07 Å². The Labute approximate surface area is 80.7 Å². The number of aromatic hydroxyl groups is 1. The second-order valence-electron chi connectivity index (χ2n) is 2.53. The number of phenols is 1. The number of carbonyl (C=O) groups is 1. The lowest BCUT2D eigenvalue weighted by atomic mass is 10.2. The molecule has 0 bridgehead atoms. The van der Waals surface area contributed by atoms with Crippen LogP contribution in [-0.2, 0) is 0 Å². The van der Waals surface area contributed by atoms with Crippen LogP contribution in [0.5, 0.6) is 5.75 Å². The number of hydrogen-bond donors (Lipinski definition) is 3. The molecule has 0 aliphatic rings. The highest BCUT2D eigenvalue weighted by atomic mass is 16.4. The number of anilines is 1. The highest BCUT2D eigenvalue weighted by Gasteiger charge is 2.09. The van der Waals surface area contributed by atoms with E-state index in [2.05, 4.69) is 10.5 Å². The van der Waals surface area contributed by atoms with Crippen LogP contribution in [-0.4, -0.2) is 22.4 Å². The average molecular weight is 194 g/mol. The van der Waals surface area contributed by atoms with Crippen LogP contribution in [0.15, 0.2) is 23.3 Å². The van der Waals surface area contributed by atoms with Crippen LogP contribution in [0.3, 0.4) is 0 Å². The molecule has 0 aromatic heterocycles. The summed E-state index contributed by atoms with van der Waals surface area (Å²) < 4.78 is 0. The molecular formula is C9H10N2O3. The Bertz CT molecular complexity index is 374. The zero-order valence-corrected chi connectivity index (χ0v) is 7.56. The summed E-state index contributed by atoms with van der Waals surface area (Å²) in [6, 6.07) is 4.00. The van der Waals surface area contributed by atoms with Crippen molar-refractivity contribution in [1.29, 1.82) is 0 Å². The summed E-state index contributed by atoms with van der Waals surface area (Å²) in [7, 11) is 0. The van der Waals surface area contributed by atoms with Crippen LogP contribution >= 0.6 is 0 Å². The van der Waals surface area contributed by atoms with Crippen molar-refractivity contribution >= 4 is 17.9 Å². The molecule has 0 atom stereocenters. The van der Waals surface area contributed by atoms with E-state index in [1.807, 2.05) is 0 Å². The van der Waals surface area contributed by atoms with E-state index in [-0.39, 0.29) is 11.3 Å². The van der Waals surface area contributed by atoms with E-state index in [1.54, 1.807) is 6.92 Å². The van der Waals surface area contributed by atoms with E-state index >= 15 is 0 Å². The molecule has 1 rings (SSSR count). The Kier molecular flexibility index (Phi) is 3.06. The number of phenolic OH excluding ortho intramolecular Hbond substituents is 1. The second-order valence-corrected chi connectivity index (χ2v) is 2.53. The lowest BCUT2D eigenvalue weighted by molar-refractivity contribution is 0.0697. The topological polar surface area (TPSA) is 81.9 Å². The molecule has 0 aliphatic carbocycles. The molecule has 0 saturated heterocycles. The summed E-state index contributed by atoms with van der Waals surface area (Å²) in [5, 5.41) is 21.6. The van der Waals surface area contributed by atoms with Gasteiger partial charge in [0.25, 0.3) is 0 Å². The van der Waals surface area contributed by atoms with Gasteiger partial charge in [-0.3, -0.25) is 5.43 Å². The van der Waals surface area contributed by atoms with Crippen molar-refractivity contribution in [3.05, 3.63) is 23.8 Å². The highest BCUT2D eigenvalue weighted by molar-refractivity contribution is 5.94. The Hall–Kier alpha value is -2.04. The minimum absolute atomic E-state index is 0.0180. The predicted octanol–water partition coefficient (Wildman–Crippen LogP) is 1.51. The number of benzene rings is 1. The van der Waals surface area contributed by atoms with E-state index in [0.29, 0.717) is 5.69 Å². The Morgan fingerprint density at radius 3 is 2.86 bits per heavy atom. The van der Waals surface area contributed by atoms with Crippen LogP contribution in [0.1, 0.15) is 17.3 Å². The van der Waals surface area contributed by atoms with Crippen molar-refractivity contribution in [1.82, 2.24) is 0 Å². The second kappa shape index (κ2) is 4.27. The number of nitrogens with zero attached hydrogens (tertiary/aromatic N) is 1. The predicted molar refractivity (Wildman–Crippen MR) is 52.9 cm³/mol. The van der Waals surface area contributed by atoms with E-state index < -0.39 is 5.97 Å². The van der Waals surface area contributed by atoms with Gasteiger partial charge in [0.05, 0.1) is 11.3 Å². The molecule has 1 aromatic rings. The fraction of sp³-hybridized carbons (Fsp3) is 0.111. The number of hydrazone groups is 1. The molecular weight excluding hydrogens is 184 g/mol. The van der Waals surface area contributed by atoms with Gasteiger partial charge in [0.1, 0.15) is 5.75 Å². The van der Waals surface area contributed by atoms with Gasteiger partial charge in [-0.15, -0.1) is 0 Å². The quantitative estimate of drug-likeness (QED) is 0.387. The maximum atomic E-state index is 10.7. The fourth-order valence-electron chi connectivity index (χ4n) is 0.941. The third kappa shape index (κ3) is 2.22. The van der Waals surface area contributed by atoms with Crippen LogP contribution in [0.4, 0.5) is 5.69 Å². The van der Waals surface area contributed by atoms with Crippen molar-refractivity contribution in [2.24, 2.45) is 5.10 Å². The molecule has 5 heteroatoms. The first-order valence-electron chi connectivity index (χ1n) is 3.95. The Morgan fingerprint density at radius 1 is 1.57 bits per heavy atom. The number of carboxylic acids is 1. The van der Waals surface area contributed by atoms with Gasteiger partial charge in [0.15, 0.2) is 0 Å². The molecule has 5 nitrogen and oxygen atoms in total. The smallest absolute Gasteiger partial charge is 0.338 e. The van der Waals surface area contributed by atoms with E-state index in [4.69, 9.17) is 10.2 Å². The van der Waals surface area contributed by atoms with Gasteiger partial charge in [-0.2, -0.15) is 5.10 Å². The fourth-order valence-corrected chi connectivity index (χ4v) is 0.941. The van der Waals surface area contributed by atoms with Gasteiger partial charge in [-0.05, 0) is 25.1 Å². The largest absolute Gasteiger partial charge is 0.508 e. The molecule has 0 heterocycles. The minimum Gasteiger partial charge on any atom is -0.508 e. The van der Waals surface area contributed by atoms with Gasteiger partial charge < -0.3 is 10.2 Å². The van der Waals surface area contributed by atoms with Gasteiger partial charge in [0, 0.05) is 6.21 Å². The van der Waals surface area contributed by atoms with Crippen LogP contribution in [0, 0.1) is 0 Å². The molecule has 1 aromatic carbocycles. The maximum Gasteiger partial charge on any atom is 0.338 e. The molecule has 14 heavy (non-hydrogen) atoms. The number of rotatable bonds is 3. The molecule has 0 spiro atoms. The molecule has 74 valence electrons.